The Bertz CT molecular complexity index is 666. The lowest BCUT2D eigenvalue weighted by atomic mass is 9.99. The minimum atomic E-state index is -0.493. The van der Waals surface area contributed by atoms with Crippen LogP contribution in [-0.2, 0) is 4.79 Å². The van der Waals surface area contributed by atoms with Gasteiger partial charge in [0.2, 0.25) is 5.91 Å². The van der Waals surface area contributed by atoms with E-state index in [-0.39, 0.29) is 17.3 Å². The van der Waals surface area contributed by atoms with Crippen molar-refractivity contribution in [2.45, 2.75) is 13.8 Å². The fraction of sp³-hybridized carbons (Fsp3) is 0.133. The van der Waals surface area contributed by atoms with Crippen LogP contribution in [0.1, 0.15) is 12.5 Å². The van der Waals surface area contributed by atoms with Gasteiger partial charge in [-0.1, -0.05) is 30.3 Å². The smallest absolute Gasteiger partial charge is 0.293 e. The first kappa shape index (κ1) is 13.7. The van der Waals surface area contributed by atoms with Gasteiger partial charge in [-0.05, 0) is 29.7 Å². The topological polar surface area (TPSA) is 72.2 Å². The molecule has 0 bridgehead atoms. The molecular weight excluding hydrogens is 256 g/mol. The van der Waals surface area contributed by atoms with Crippen molar-refractivity contribution in [3.8, 4) is 11.1 Å². The number of amides is 1. The van der Waals surface area contributed by atoms with Gasteiger partial charge in [0.1, 0.15) is 5.69 Å². The summed E-state index contributed by atoms with van der Waals surface area (Å²) in [7, 11) is 0. The van der Waals surface area contributed by atoms with Crippen LogP contribution in [0.5, 0.6) is 0 Å². The molecule has 5 heteroatoms. The number of benzene rings is 2. The summed E-state index contributed by atoms with van der Waals surface area (Å²) in [5, 5.41) is 13.6. The number of nitrogens with one attached hydrogen (secondary N) is 1. The number of aryl methyl sites for hydroxylation is 1. The number of nitro benzene ring substituents is 1. The molecule has 20 heavy (non-hydrogen) atoms. The van der Waals surface area contributed by atoms with E-state index < -0.39 is 4.92 Å². The molecule has 0 aromatic heterocycles. The molecule has 0 aliphatic rings. The zero-order valence-corrected chi connectivity index (χ0v) is 11.2. The van der Waals surface area contributed by atoms with E-state index in [1.54, 1.807) is 6.07 Å². The van der Waals surface area contributed by atoms with E-state index in [4.69, 9.17) is 0 Å². The molecule has 1 N–H and O–H groups in total. The average Bonchev–Trinajstić information content (AvgIpc) is 2.40. The molecule has 0 spiro atoms. The quantitative estimate of drug-likeness (QED) is 0.685. The van der Waals surface area contributed by atoms with Gasteiger partial charge in [-0.2, -0.15) is 0 Å². The van der Waals surface area contributed by atoms with Crippen molar-refractivity contribution in [2.75, 3.05) is 5.32 Å². The molecule has 0 aliphatic heterocycles. The monoisotopic (exact) mass is 270 g/mol. The lowest BCUT2D eigenvalue weighted by Gasteiger charge is -2.10. The van der Waals surface area contributed by atoms with E-state index in [0.29, 0.717) is 0 Å². The lowest BCUT2D eigenvalue weighted by Crippen LogP contribution is -2.08. The second-order valence-electron chi connectivity index (χ2n) is 4.49. The van der Waals surface area contributed by atoms with Crippen LogP contribution in [0.4, 0.5) is 11.4 Å². The maximum atomic E-state index is 11.2. The number of nitro groups is 1. The molecule has 0 saturated carbocycles. The number of hydrogen-bond donors (Lipinski definition) is 1. The molecule has 0 heterocycles. The van der Waals surface area contributed by atoms with Gasteiger partial charge in [0.15, 0.2) is 0 Å². The zero-order chi connectivity index (χ0) is 14.7. The van der Waals surface area contributed by atoms with E-state index in [9.17, 15) is 14.9 Å². The summed E-state index contributed by atoms with van der Waals surface area (Å²) < 4.78 is 0. The van der Waals surface area contributed by atoms with Crippen molar-refractivity contribution in [1.82, 2.24) is 0 Å². The number of hydrogen-bond acceptors (Lipinski definition) is 3. The standard InChI is InChI=1S/C15H14N2O3/c1-10-8-15(17(19)20)14(16-11(2)18)9-13(10)12-6-4-3-5-7-12/h3-9H,1-2H3,(H,16,18). The molecule has 2 aromatic carbocycles. The van der Waals surface area contributed by atoms with E-state index in [0.717, 1.165) is 16.7 Å². The Morgan fingerprint density at radius 1 is 1.20 bits per heavy atom. The first-order chi connectivity index (χ1) is 9.49. The van der Waals surface area contributed by atoms with E-state index in [2.05, 4.69) is 5.32 Å². The Morgan fingerprint density at radius 3 is 2.40 bits per heavy atom. The molecule has 0 fully saturated rings. The molecule has 0 radical (unpaired) electrons. The molecular formula is C15H14N2O3. The van der Waals surface area contributed by atoms with Gasteiger partial charge in [0.05, 0.1) is 4.92 Å². The summed E-state index contributed by atoms with van der Waals surface area (Å²) >= 11 is 0. The summed E-state index contributed by atoms with van der Waals surface area (Å²) in [5.41, 5.74) is 2.72. The van der Waals surface area contributed by atoms with Crippen LogP contribution >= 0.6 is 0 Å². The van der Waals surface area contributed by atoms with Crippen molar-refractivity contribution >= 4 is 17.3 Å². The van der Waals surface area contributed by atoms with Crippen molar-refractivity contribution in [3.05, 3.63) is 58.1 Å². The Balaban J connectivity index is 2.60. The molecule has 0 unspecified atom stereocenters. The molecule has 0 saturated heterocycles. The predicted molar refractivity (Wildman–Crippen MR) is 77.6 cm³/mol. The van der Waals surface area contributed by atoms with Crippen LogP contribution in [0.25, 0.3) is 11.1 Å². The fourth-order valence-electron chi connectivity index (χ4n) is 2.06. The molecule has 2 rings (SSSR count). The Morgan fingerprint density at radius 2 is 1.85 bits per heavy atom. The minimum absolute atomic E-state index is 0.0996. The van der Waals surface area contributed by atoms with Crippen molar-refractivity contribution in [2.24, 2.45) is 0 Å². The van der Waals surface area contributed by atoms with E-state index >= 15 is 0 Å². The first-order valence-electron chi connectivity index (χ1n) is 6.11. The number of carbonyl (C=O) groups is 1. The lowest BCUT2D eigenvalue weighted by molar-refractivity contribution is -0.384. The highest BCUT2D eigenvalue weighted by Crippen LogP contribution is 2.33. The highest BCUT2D eigenvalue weighted by Gasteiger charge is 2.18. The van der Waals surface area contributed by atoms with Crippen LogP contribution in [0.15, 0.2) is 42.5 Å². The van der Waals surface area contributed by atoms with Gasteiger partial charge in [-0.3, -0.25) is 14.9 Å². The maximum absolute atomic E-state index is 11.2. The molecule has 0 aliphatic carbocycles. The SMILES string of the molecule is CC(=O)Nc1cc(-c2ccccc2)c(C)cc1[N+](=O)[O-]. The van der Waals surface area contributed by atoms with Crippen molar-refractivity contribution < 1.29 is 9.72 Å². The van der Waals surface area contributed by atoms with Crippen LogP contribution in [-0.4, -0.2) is 10.8 Å². The molecule has 2 aromatic rings. The zero-order valence-electron chi connectivity index (χ0n) is 11.2. The van der Waals surface area contributed by atoms with E-state index in [1.165, 1.54) is 13.0 Å². The fourth-order valence-corrected chi connectivity index (χ4v) is 2.06. The van der Waals surface area contributed by atoms with Crippen LogP contribution in [0.2, 0.25) is 0 Å². The maximum Gasteiger partial charge on any atom is 0.293 e. The number of rotatable bonds is 3. The summed E-state index contributed by atoms with van der Waals surface area (Å²) in [6.45, 7) is 3.14. The average molecular weight is 270 g/mol. The predicted octanol–water partition coefficient (Wildman–Crippen LogP) is 3.53. The van der Waals surface area contributed by atoms with Crippen molar-refractivity contribution in [3.63, 3.8) is 0 Å². The largest absolute Gasteiger partial charge is 0.321 e. The van der Waals surface area contributed by atoms with Gasteiger partial charge in [0.25, 0.3) is 5.69 Å². The normalized spacial score (nSPS) is 10.1. The summed E-state index contributed by atoms with van der Waals surface area (Å²) in [6, 6.07) is 12.7. The third-order valence-electron chi connectivity index (χ3n) is 2.93. The van der Waals surface area contributed by atoms with Gasteiger partial charge in [-0.15, -0.1) is 0 Å². The summed E-state index contributed by atoms with van der Waals surface area (Å²) in [4.78, 5) is 21.8. The van der Waals surface area contributed by atoms with Crippen LogP contribution in [0.3, 0.4) is 0 Å². The van der Waals surface area contributed by atoms with E-state index in [1.807, 2.05) is 37.3 Å². The second kappa shape index (κ2) is 5.52. The molecule has 0 atom stereocenters. The minimum Gasteiger partial charge on any atom is -0.321 e. The van der Waals surface area contributed by atoms with Gasteiger partial charge in [0, 0.05) is 13.0 Å². The highest BCUT2D eigenvalue weighted by molar-refractivity contribution is 5.93. The Hall–Kier alpha value is -2.69. The van der Waals surface area contributed by atoms with Crippen LogP contribution < -0.4 is 5.32 Å². The summed E-state index contributed by atoms with van der Waals surface area (Å²) in [6.07, 6.45) is 0. The third-order valence-corrected chi connectivity index (χ3v) is 2.93. The second-order valence-corrected chi connectivity index (χ2v) is 4.49. The Kier molecular flexibility index (Phi) is 3.79. The molecule has 5 nitrogen and oxygen atoms in total. The van der Waals surface area contributed by atoms with Crippen LogP contribution in [0, 0.1) is 17.0 Å². The van der Waals surface area contributed by atoms with Gasteiger partial charge in [-0.25, -0.2) is 0 Å². The number of anilines is 1. The Labute approximate surface area is 116 Å². The molecule has 1 amide bonds. The summed E-state index contributed by atoms with van der Waals surface area (Å²) in [5.74, 6) is -0.337. The van der Waals surface area contributed by atoms with Crippen molar-refractivity contribution in [1.29, 1.82) is 0 Å². The third kappa shape index (κ3) is 2.83. The highest BCUT2D eigenvalue weighted by atomic mass is 16.6. The number of carbonyl (C=O) groups excluding carboxylic acids is 1. The molecule has 102 valence electrons. The number of nitrogens with zero attached hydrogens (tertiary/aromatic N) is 1. The van der Waals surface area contributed by atoms with Gasteiger partial charge >= 0.3 is 0 Å². The van der Waals surface area contributed by atoms with Gasteiger partial charge < -0.3 is 5.32 Å². The first-order valence-corrected chi connectivity index (χ1v) is 6.11.